The van der Waals surface area contributed by atoms with Gasteiger partial charge in [0.15, 0.2) is 0 Å². The van der Waals surface area contributed by atoms with Gasteiger partial charge in [0.25, 0.3) is 0 Å². The first-order valence-electron chi connectivity index (χ1n) is 8.00. The van der Waals surface area contributed by atoms with Crippen LogP contribution in [0.1, 0.15) is 58.4 Å². The number of ether oxygens (including phenoxy) is 1. The molecule has 0 aromatic heterocycles. The Morgan fingerprint density at radius 2 is 2.00 bits per heavy atom. The van der Waals surface area contributed by atoms with E-state index in [9.17, 15) is 0 Å². The lowest BCUT2D eigenvalue weighted by Gasteiger charge is -2.26. The van der Waals surface area contributed by atoms with Gasteiger partial charge in [-0.05, 0) is 57.2 Å². The zero-order valence-electron chi connectivity index (χ0n) is 13.9. The Hall–Kier alpha value is -0.570. The summed E-state index contributed by atoms with van der Waals surface area (Å²) in [5.41, 5.74) is 1.42. The largest absolute Gasteiger partial charge is 0.381 e. The molecule has 1 aromatic rings. The highest BCUT2D eigenvalue weighted by atomic mass is 35.5. The van der Waals surface area contributed by atoms with Gasteiger partial charge in [-0.3, -0.25) is 0 Å². The highest BCUT2D eigenvalue weighted by Gasteiger charge is 2.16. The minimum Gasteiger partial charge on any atom is -0.381 e. The molecule has 0 aliphatic heterocycles. The molecule has 1 unspecified atom stereocenters. The standard InChI is InChI=1S/C18H30ClNO/c1-5-6-11-21-12-10-16(14-20-18(2,3)4)15-8-7-9-17(19)13-15/h7-9,13,16,20H,5-6,10-12,14H2,1-4H3. The Kier molecular flexibility index (Phi) is 8.31. The Morgan fingerprint density at radius 1 is 1.24 bits per heavy atom. The first-order valence-corrected chi connectivity index (χ1v) is 8.38. The molecule has 0 saturated carbocycles. The number of nitrogens with one attached hydrogen (secondary N) is 1. The maximum absolute atomic E-state index is 6.13. The first-order chi connectivity index (χ1) is 9.92. The van der Waals surface area contributed by atoms with Crippen LogP contribution in [-0.2, 0) is 4.74 Å². The van der Waals surface area contributed by atoms with E-state index in [1.54, 1.807) is 0 Å². The highest BCUT2D eigenvalue weighted by Crippen LogP contribution is 2.23. The molecule has 0 aliphatic rings. The molecule has 1 aromatic carbocycles. The van der Waals surface area contributed by atoms with Gasteiger partial charge in [-0.2, -0.15) is 0 Å². The SMILES string of the molecule is CCCCOCCC(CNC(C)(C)C)c1cccc(Cl)c1. The van der Waals surface area contributed by atoms with Gasteiger partial charge in [0.1, 0.15) is 0 Å². The van der Waals surface area contributed by atoms with Crippen molar-refractivity contribution in [3.05, 3.63) is 34.9 Å². The van der Waals surface area contributed by atoms with E-state index in [1.807, 2.05) is 12.1 Å². The van der Waals surface area contributed by atoms with Gasteiger partial charge in [0.2, 0.25) is 0 Å². The van der Waals surface area contributed by atoms with Crippen LogP contribution in [0.3, 0.4) is 0 Å². The molecule has 0 saturated heterocycles. The molecule has 1 N–H and O–H groups in total. The van der Waals surface area contributed by atoms with Crippen LogP contribution in [0.4, 0.5) is 0 Å². The fourth-order valence-electron chi connectivity index (χ4n) is 2.15. The molecule has 0 heterocycles. The van der Waals surface area contributed by atoms with Gasteiger partial charge >= 0.3 is 0 Å². The maximum atomic E-state index is 6.13. The van der Waals surface area contributed by atoms with E-state index < -0.39 is 0 Å². The van der Waals surface area contributed by atoms with E-state index in [0.717, 1.165) is 37.6 Å². The van der Waals surface area contributed by atoms with Gasteiger partial charge in [-0.1, -0.05) is 37.1 Å². The Bertz CT molecular complexity index is 400. The summed E-state index contributed by atoms with van der Waals surface area (Å²) in [4.78, 5) is 0. The zero-order chi connectivity index (χ0) is 15.7. The Labute approximate surface area is 135 Å². The third kappa shape index (κ3) is 8.45. The van der Waals surface area contributed by atoms with Gasteiger partial charge < -0.3 is 10.1 Å². The maximum Gasteiger partial charge on any atom is 0.0472 e. The summed E-state index contributed by atoms with van der Waals surface area (Å²) in [6, 6.07) is 8.19. The quantitative estimate of drug-likeness (QED) is 0.647. The lowest BCUT2D eigenvalue weighted by atomic mass is 9.94. The summed E-state index contributed by atoms with van der Waals surface area (Å²) in [6.07, 6.45) is 3.35. The zero-order valence-corrected chi connectivity index (χ0v) is 14.7. The van der Waals surface area contributed by atoms with Crippen molar-refractivity contribution < 1.29 is 4.74 Å². The molecular weight excluding hydrogens is 282 g/mol. The molecular formula is C18H30ClNO. The normalized spacial score (nSPS) is 13.4. The van der Waals surface area contributed by atoms with E-state index in [2.05, 4.69) is 45.1 Å². The molecule has 0 radical (unpaired) electrons. The molecule has 1 atom stereocenters. The lowest BCUT2D eigenvalue weighted by Crippen LogP contribution is -2.38. The van der Waals surface area contributed by atoms with Crippen molar-refractivity contribution in [2.75, 3.05) is 19.8 Å². The number of halogens is 1. The number of benzene rings is 1. The summed E-state index contributed by atoms with van der Waals surface area (Å²) in [5.74, 6) is 0.435. The monoisotopic (exact) mass is 311 g/mol. The summed E-state index contributed by atoms with van der Waals surface area (Å²) in [6.45, 7) is 11.4. The van der Waals surface area contributed by atoms with Gasteiger partial charge in [0.05, 0.1) is 0 Å². The Balaban J connectivity index is 2.57. The van der Waals surface area contributed by atoms with Crippen LogP contribution < -0.4 is 5.32 Å². The third-order valence-corrected chi connectivity index (χ3v) is 3.69. The fourth-order valence-corrected chi connectivity index (χ4v) is 2.35. The molecule has 21 heavy (non-hydrogen) atoms. The van der Waals surface area contributed by atoms with Crippen LogP contribution in [0.15, 0.2) is 24.3 Å². The second-order valence-corrected chi connectivity index (χ2v) is 7.07. The van der Waals surface area contributed by atoms with Crippen LogP contribution in [0.25, 0.3) is 0 Å². The van der Waals surface area contributed by atoms with Crippen molar-refractivity contribution >= 4 is 11.6 Å². The van der Waals surface area contributed by atoms with E-state index in [1.165, 1.54) is 12.0 Å². The second kappa shape index (κ2) is 9.45. The molecule has 0 spiro atoms. The van der Waals surface area contributed by atoms with Crippen molar-refractivity contribution in [3.8, 4) is 0 Å². The minimum atomic E-state index is 0.125. The van der Waals surface area contributed by atoms with Crippen molar-refractivity contribution in [1.29, 1.82) is 0 Å². The average molecular weight is 312 g/mol. The second-order valence-electron chi connectivity index (χ2n) is 6.64. The number of rotatable bonds is 9. The van der Waals surface area contributed by atoms with Crippen molar-refractivity contribution in [2.45, 2.75) is 58.4 Å². The summed E-state index contributed by atoms with van der Waals surface area (Å²) in [5, 5.41) is 4.40. The number of hydrogen-bond acceptors (Lipinski definition) is 2. The summed E-state index contributed by atoms with van der Waals surface area (Å²) < 4.78 is 5.73. The van der Waals surface area contributed by atoms with Gasteiger partial charge in [-0.15, -0.1) is 0 Å². The molecule has 3 heteroatoms. The molecule has 0 fully saturated rings. The van der Waals surface area contributed by atoms with Crippen molar-refractivity contribution in [3.63, 3.8) is 0 Å². The van der Waals surface area contributed by atoms with Crippen molar-refractivity contribution in [1.82, 2.24) is 5.32 Å². The first kappa shape index (κ1) is 18.5. The molecule has 1 rings (SSSR count). The minimum absolute atomic E-state index is 0.125. The number of hydrogen-bond donors (Lipinski definition) is 1. The summed E-state index contributed by atoms with van der Waals surface area (Å²) >= 11 is 6.13. The molecule has 0 amide bonds. The summed E-state index contributed by atoms with van der Waals surface area (Å²) in [7, 11) is 0. The Morgan fingerprint density at radius 3 is 2.62 bits per heavy atom. The molecule has 120 valence electrons. The smallest absolute Gasteiger partial charge is 0.0472 e. The molecule has 2 nitrogen and oxygen atoms in total. The van der Waals surface area contributed by atoms with E-state index in [-0.39, 0.29) is 5.54 Å². The molecule has 0 aliphatic carbocycles. The average Bonchev–Trinajstić information content (AvgIpc) is 2.40. The van der Waals surface area contributed by atoms with Crippen LogP contribution >= 0.6 is 11.6 Å². The topological polar surface area (TPSA) is 21.3 Å². The predicted octanol–water partition coefficient (Wildman–Crippen LogP) is 5.02. The molecule has 0 bridgehead atoms. The van der Waals surface area contributed by atoms with E-state index in [4.69, 9.17) is 16.3 Å². The van der Waals surface area contributed by atoms with Gasteiger partial charge in [-0.25, -0.2) is 0 Å². The van der Waals surface area contributed by atoms with Gasteiger partial charge in [0, 0.05) is 30.3 Å². The van der Waals surface area contributed by atoms with Crippen LogP contribution in [0.5, 0.6) is 0 Å². The highest BCUT2D eigenvalue weighted by molar-refractivity contribution is 6.30. The van der Waals surface area contributed by atoms with Crippen LogP contribution in [-0.4, -0.2) is 25.3 Å². The van der Waals surface area contributed by atoms with Crippen molar-refractivity contribution in [2.24, 2.45) is 0 Å². The number of unbranched alkanes of at least 4 members (excludes halogenated alkanes) is 1. The fraction of sp³-hybridized carbons (Fsp3) is 0.667. The lowest BCUT2D eigenvalue weighted by molar-refractivity contribution is 0.123. The van der Waals surface area contributed by atoms with Crippen LogP contribution in [0.2, 0.25) is 5.02 Å². The predicted molar refractivity (Wildman–Crippen MR) is 92.3 cm³/mol. The van der Waals surface area contributed by atoms with Crippen LogP contribution in [0, 0.1) is 0 Å². The van der Waals surface area contributed by atoms with E-state index in [0.29, 0.717) is 5.92 Å². The third-order valence-electron chi connectivity index (χ3n) is 3.45. The van der Waals surface area contributed by atoms with E-state index >= 15 is 0 Å².